The average Bonchev–Trinajstić information content (AvgIpc) is 3.12. The molecule has 8 heteroatoms. The molecule has 0 spiro atoms. The third kappa shape index (κ3) is 4.21. The number of ether oxygens (including phenoxy) is 1. The molecule has 1 amide bonds. The lowest BCUT2D eigenvalue weighted by molar-refractivity contribution is -0.274. The lowest BCUT2D eigenvalue weighted by Gasteiger charge is -2.10. The average molecular weight is 397 g/mol. The number of halogens is 3. The van der Waals surface area contributed by atoms with E-state index in [1.807, 2.05) is 34.9 Å². The van der Waals surface area contributed by atoms with E-state index in [0.717, 1.165) is 23.3 Å². The molecule has 0 unspecified atom stereocenters. The van der Waals surface area contributed by atoms with E-state index >= 15 is 0 Å². The van der Waals surface area contributed by atoms with Gasteiger partial charge in [0.15, 0.2) is 0 Å². The Bertz CT molecular complexity index is 1150. The number of rotatable bonds is 4. The van der Waals surface area contributed by atoms with E-state index in [2.05, 4.69) is 15.0 Å². The van der Waals surface area contributed by atoms with Crippen LogP contribution in [0.4, 0.5) is 18.9 Å². The van der Waals surface area contributed by atoms with Gasteiger partial charge in [-0.15, -0.1) is 13.2 Å². The highest BCUT2D eigenvalue weighted by atomic mass is 19.4. The molecule has 4 rings (SSSR count). The fourth-order valence-corrected chi connectivity index (χ4v) is 2.89. The maximum atomic E-state index is 12.5. The van der Waals surface area contributed by atoms with Gasteiger partial charge >= 0.3 is 6.36 Å². The zero-order chi connectivity index (χ0) is 20.4. The van der Waals surface area contributed by atoms with Crippen molar-refractivity contribution in [1.29, 1.82) is 0 Å². The molecule has 146 valence electrons. The van der Waals surface area contributed by atoms with E-state index in [0.29, 0.717) is 16.8 Å². The zero-order valence-electron chi connectivity index (χ0n) is 14.9. The molecule has 0 fully saturated rings. The molecule has 0 aliphatic rings. The molecule has 0 saturated carbocycles. The van der Waals surface area contributed by atoms with Gasteiger partial charge in [0.05, 0.1) is 11.0 Å². The molecule has 1 N–H and O–H groups in total. The van der Waals surface area contributed by atoms with Crippen molar-refractivity contribution in [2.75, 3.05) is 5.32 Å². The van der Waals surface area contributed by atoms with Crippen LogP contribution in [0.1, 0.15) is 10.4 Å². The quantitative estimate of drug-likeness (QED) is 0.517. The Morgan fingerprint density at radius 2 is 1.69 bits per heavy atom. The van der Waals surface area contributed by atoms with Gasteiger partial charge in [-0.1, -0.05) is 18.2 Å². The summed E-state index contributed by atoms with van der Waals surface area (Å²) in [6.45, 7) is 0. The predicted molar refractivity (Wildman–Crippen MR) is 102 cm³/mol. The second kappa shape index (κ2) is 7.31. The smallest absolute Gasteiger partial charge is 0.406 e. The van der Waals surface area contributed by atoms with Gasteiger partial charge < -0.3 is 10.1 Å². The summed E-state index contributed by atoms with van der Waals surface area (Å²) in [5.74, 6) is -0.756. The van der Waals surface area contributed by atoms with Crippen molar-refractivity contribution in [2.45, 2.75) is 6.36 Å². The SMILES string of the molecule is O=C(Nc1ccc(OC(F)(F)F)cc1)c1ccc2c(c1)ncn2-c1ccccc1. The van der Waals surface area contributed by atoms with Gasteiger partial charge in [-0.25, -0.2) is 4.98 Å². The minimum Gasteiger partial charge on any atom is -0.406 e. The summed E-state index contributed by atoms with van der Waals surface area (Å²) in [5.41, 5.74) is 3.18. The highest BCUT2D eigenvalue weighted by molar-refractivity contribution is 6.06. The lowest BCUT2D eigenvalue weighted by atomic mass is 10.1. The number of hydrogen-bond acceptors (Lipinski definition) is 3. The summed E-state index contributed by atoms with van der Waals surface area (Å²) in [4.78, 5) is 16.8. The number of nitrogens with zero attached hydrogens (tertiary/aromatic N) is 2. The third-order valence-corrected chi connectivity index (χ3v) is 4.19. The molecule has 3 aromatic carbocycles. The van der Waals surface area contributed by atoms with Crippen LogP contribution in [-0.4, -0.2) is 21.8 Å². The molecule has 29 heavy (non-hydrogen) atoms. The van der Waals surface area contributed by atoms with Crippen molar-refractivity contribution in [3.8, 4) is 11.4 Å². The molecule has 0 bridgehead atoms. The van der Waals surface area contributed by atoms with Crippen LogP contribution in [0.3, 0.4) is 0 Å². The predicted octanol–water partition coefficient (Wildman–Crippen LogP) is 5.18. The van der Waals surface area contributed by atoms with Crippen LogP contribution < -0.4 is 10.1 Å². The van der Waals surface area contributed by atoms with Crippen LogP contribution in [0, 0.1) is 0 Å². The molecule has 5 nitrogen and oxygen atoms in total. The molecule has 0 aliphatic heterocycles. The number of anilines is 1. The summed E-state index contributed by atoms with van der Waals surface area (Å²) in [5, 5.41) is 2.64. The fourth-order valence-electron chi connectivity index (χ4n) is 2.89. The Morgan fingerprint density at radius 1 is 0.966 bits per heavy atom. The van der Waals surface area contributed by atoms with Crippen LogP contribution in [-0.2, 0) is 0 Å². The van der Waals surface area contributed by atoms with Crippen LogP contribution in [0.15, 0.2) is 79.1 Å². The molecule has 1 aromatic heterocycles. The second-order valence-corrected chi connectivity index (χ2v) is 6.18. The fraction of sp³-hybridized carbons (Fsp3) is 0.0476. The molecule has 0 saturated heterocycles. The number of amides is 1. The van der Waals surface area contributed by atoms with Gasteiger partial charge in [0.2, 0.25) is 0 Å². The number of aromatic nitrogens is 2. The van der Waals surface area contributed by atoms with Gasteiger partial charge in [-0.2, -0.15) is 0 Å². The molecule has 1 heterocycles. The number of alkyl halides is 3. The van der Waals surface area contributed by atoms with Crippen LogP contribution in [0.2, 0.25) is 0 Å². The van der Waals surface area contributed by atoms with Crippen LogP contribution in [0.25, 0.3) is 16.7 Å². The number of carbonyl (C=O) groups excluding carboxylic acids is 1. The van der Waals surface area contributed by atoms with Gasteiger partial charge in [-0.3, -0.25) is 9.36 Å². The zero-order valence-corrected chi connectivity index (χ0v) is 14.9. The normalized spacial score (nSPS) is 11.4. The van der Waals surface area contributed by atoms with Gasteiger partial charge in [0.1, 0.15) is 12.1 Å². The largest absolute Gasteiger partial charge is 0.573 e. The second-order valence-electron chi connectivity index (χ2n) is 6.18. The maximum Gasteiger partial charge on any atom is 0.573 e. The summed E-state index contributed by atoms with van der Waals surface area (Å²) >= 11 is 0. The van der Waals surface area contributed by atoms with Gasteiger partial charge in [-0.05, 0) is 54.6 Å². The molecule has 0 atom stereocenters. The minimum absolute atomic E-state index is 0.347. The Balaban J connectivity index is 1.52. The first-order chi connectivity index (χ1) is 13.9. The van der Waals surface area contributed by atoms with Crippen molar-refractivity contribution in [1.82, 2.24) is 9.55 Å². The highest BCUT2D eigenvalue weighted by Crippen LogP contribution is 2.24. The molecule has 0 aliphatic carbocycles. The Labute approximate surface area is 163 Å². The van der Waals surface area contributed by atoms with E-state index in [1.165, 1.54) is 12.1 Å². The van der Waals surface area contributed by atoms with Crippen LogP contribution in [0.5, 0.6) is 5.75 Å². The van der Waals surface area contributed by atoms with Crippen molar-refractivity contribution >= 4 is 22.6 Å². The Kier molecular flexibility index (Phi) is 4.67. The molecule has 4 aromatic rings. The first-order valence-electron chi connectivity index (χ1n) is 8.59. The standard InChI is InChI=1S/C21H14F3N3O2/c22-21(23,24)29-17-9-7-15(8-10-17)26-20(28)14-6-11-19-18(12-14)25-13-27(19)16-4-2-1-3-5-16/h1-13H,(H,26,28). The number of benzene rings is 3. The van der Waals surface area contributed by atoms with Gasteiger partial charge in [0.25, 0.3) is 5.91 Å². The van der Waals surface area contributed by atoms with E-state index < -0.39 is 12.3 Å². The van der Waals surface area contributed by atoms with Crippen molar-refractivity contribution in [2.24, 2.45) is 0 Å². The highest BCUT2D eigenvalue weighted by Gasteiger charge is 2.30. The molecular formula is C21H14F3N3O2. The van der Waals surface area contributed by atoms with Gasteiger partial charge in [0, 0.05) is 16.9 Å². The lowest BCUT2D eigenvalue weighted by Crippen LogP contribution is -2.17. The molecular weight excluding hydrogens is 383 g/mol. The number of carbonyl (C=O) groups is 1. The van der Waals surface area contributed by atoms with Crippen LogP contribution >= 0.6 is 0 Å². The summed E-state index contributed by atoms with van der Waals surface area (Å²) in [6, 6.07) is 19.7. The number of fused-ring (bicyclic) bond motifs is 1. The number of imidazole rings is 1. The summed E-state index contributed by atoms with van der Waals surface area (Å²) in [6.07, 6.45) is -3.08. The Hall–Kier alpha value is -3.81. The van der Waals surface area contributed by atoms with Crippen molar-refractivity contribution < 1.29 is 22.7 Å². The van der Waals surface area contributed by atoms with Crippen molar-refractivity contribution in [3.05, 3.63) is 84.7 Å². The van der Waals surface area contributed by atoms with E-state index in [9.17, 15) is 18.0 Å². The maximum absolute atomic E-state index is 12.5. The molecule has 0 radical (unpaired) electrons. The minimum atomic E-state index is -4.76. The first-order valence-corrected chi connectivity index (χ1v) is 8.59. The summed E-state index contributed by atoms with van der Waals surface area (Å²) in [7, 11) is 0. The number of hydrogen-bond donors (Lipinski definition) is 1. The monoisotopic (exact) mass is 397 g/mol. The topological polar surface area (TPSA) is 56.1 Å². The number of para-hydroxylation sites is 1. The summed E-state index contributed by atoms with van der Waals surface area (Å²) < 4.78 is 42.4. The first kappa shape index (κ1) is 18.5. The van der Waals surface area contributed by atoms with E-state index in [1.54, 1.807) is 24.5 Å². The Morgan fingerprint density at radius 3 is 2.38 bits per heavy atom. The van der Waals surface area contributed by atoms with E-state index in [4.69, 9.17) is 0 Å². The van der Waals surface area contributed by atoms with Crippen molar-refractivity contribution in [3.63, 3.8) is 0 Å². The number of nitrogens with one attached hydrogen (secondary N) is 1. The third-order valence-electron chi connectivity index (χ3n) is 4.19. The van der Waals surface area contributed by atoms with E-state index in [-0.39, 0.29) is 5.75 Å².